The predicted molar refractivity (Wildman–Crippen MR) is 172 cm³/mol. The zero-order valence-corrected chi connectivity index (χ0v) is 28.8. The number of nitrogens with one attached hydrogen (secondary N) is 1. The van der Waals surface area contributed by atoms with Crippen molar-refractivity contribution in [1.82, 2.24) is 15.1 Å². The molecule has 0 spiro atoms. The number of allylic oxidation sites excluding steroid dienone is 1. The van der Waals surface area contributed by atoms with Gasteiger partial charge in [0, 0.05) is 38.7 Å². The Morgan fingerprint density at radius 2 is 1.64 bits per heavy atom. The van der Waals surface area contributed by atoms with Gasteiger partial charge in [-0.2, -0.15) is 0 Å². The van der Waals surface area contributed by atoms with E-state index in [1.54, 1.807) is 27.8 Å². The maximum absolute atomic E-state index is 14.3. The van der Waals surface area contributed by atoms with Crippen LogP contribution in [0.3, 0.4) is 0 Å². The molecule has 2 rings (SSSR count). The number of carbonyl (C=O) groups is 3. The minimum Gasteiger partial charge on any atom is -0.444 e. The van der Waals surface area contributed by atoms with Crippen molar-refractivity contribution in [2.24, 2.45) is 5.73 Å². The van der Waals surface area contributed by atoms with Gasteiger partial charge in [-0.3, -0.25) is 14.0 Å². The first kappa shape index (κ1) is 47.3. The maximum atomic E-state index is 14.3. The average molecular weight is 683 g/mol. The van der Waals surface area contributed by atoms with E-state index in [4.69, 9.17) is 20.5 Å². The van der Waals surface area contributed by atoms with Gasteiger partial charge in [0.05, 0.1) is 25.1 Å². The number of rotatable bonds is 8. The third-order valence-electron chi connectivity index (χ3n) is 5.30. The molecule has 1 aliphatic heterocycles. The monoisotopic (exact) mass is 682 g/mol. The van der Waals surface area contributed by atoms with Crippen molar-refractivity contribution in [2.75, 3.05) is 33.9 Å². The Hall–Kier alpha value is -4.14. The van der Waals surface area contributed by atoms with E-state index in [9.17, 15) is 31.5 Å². The zero-order valence-electron chi connectivity index (χ0n) is 28.8. The number of ether oxygens (including phenoxy) is 1. The van der Waals surface area contributed by atoms with E-state index in [0.29, 0.717) is 32.3 Å². The van der Waals surface area contributed by atoms with Crippen LogP contribution in [-0.2, 0) is 25.6 Å². The number of alkyl halides is 3. The fraction of sp³-hybridized carbons (Fsp3) is 0.531. The summed E-state index contributed by atoms with van der Waals surface area (Å²) < 4.78 is 64.4. The third-order valence-corrected chi connectivity index (χ3v) is 5.30. The Balaban J connectivity index is -0.00000128. The molecule has 1 saturated heterocycles. The molecule has 2 amide bonds. The van der Waals surface area contributed by atoms with Gasteiger partial charge in [0.2, 0.25) is 11.8 Å². The number of likely N-dealkylation sites (N-methyl/N-ethyl adjacent to an activating group) is 1. The summed E-state index contributed by atoms with van der Waals surface area (Å²) in [6.45, 7) is 18.4. The highest BCUT2D eigenvalue weighted by molar-refractivity contribution is 5.78. The van der Waals surface area contributed by atoms with Gasteiger partial charge in [0.1, 0.15) is 23.5 Å². The van der Waals surface area contributed by atoms with Crippen LogP contribution < -0.4 is 11.1 Å². The van der Waals surface area contributed by atoms with Gasteiger partial charge in [-0.15, -0.1) is 0 Å². The first-order valence-corrected chi connectivity index (χ1v) is 14.5. The first-order chi connectivity index (χ1) is 21.7. The molecule has 10 nitrogen and oxygen atoms in total. The fourth-order valence-electron chi connectivity index (χ4n) is 3.44. The van der Waals surface area contributed by atoms with Crippen molar-refractivity contribution in [3.63, 3.8) is 0 Å². The van der Waals surface area contributed by atoms with Crippen LogP contribution in [0.25, 0.3) is 0 Å². The summed E-state index contributed by atoms with van der Waals surface area (Å²) in [6.07, 6.45) is 0.863. The van der Waals surface area contributed by atoms with Gasteiger partial charge in [-0.05, 0) is 58.7 Å². The van der Waals surface area contributed by atoms with Crippen molar-refractivity contribution < 1.29 is 51.2 Å². The molecule has 15 heteroatoms. The summed E-state index contributed by atoms with van der Waals surface area (Å²) in [7, 11) is 2.28. The summed E-state index contributed by atoms with van der Waals surface area (Å²) in [5, 5.41) is 11.5. The Bertz CT molecular complexity index is 1140. The standard InChI is InChI=1S/C23H32F2N4O5.C3H6F2.C3H4O.C2H6.CH3F/c1-14(34-32)21(26)19-13-29(9-8-28(19)5)20(30)12-17(27-22(31)33-23(2,3)4)10-15-6-7-16(24)11-18(15)25;1-3(2,4)5;1-2-3-4;2*1-2/h6-7,11,17,32H,1,8-10,12-13,26H2,2-5H3,(H,27,31);1-2H3;2-3H,1H2;1-2H3;1H3/b21-19-;;;;. The Labute approximate surface area is 275 Å². The molecular weight excluding hydrogens is 631 g/mol. The fourth-order valence-corrected chi connectivity index (χ4v) is 3.44. The third kappa shape index (κ3) is 22.9. The van der Waals surface area contributed by atoms with E-state index in [0.717, 1.165) is 26.0 Å². The van der Waals surface area contributed by atoms with Gasteiger partial charge in [0.25, 0.3) is 0 Å². The molecule has 1 aromatic rings. The summed E-state index contributed by atoms with van der Waals surface area (Å²) in [4.78, 5) is 42.0. The van der Waals surface area contributed by atoms with Crippen LogP contribution in [0.5, 0.6) is 0 Å². The van der Waals surface area contributed by atoms with Gasteiger partial charge in [0.15, 0.2) is 5.76 Å². The molecule has 1 fully saturated rings. The van der Waals surface area contributed by atoms with Crippen molar-refractivity contribution in [2.45, 2.75) is 78.9 Å². The number of hydrogen-bond acceptors (Lipinski definition) is 8. The first-order valence-electron chi connectivity index (χ1n) is 14.5. The zero-order chi connectivity index (χ0) is 37.5. The quantitative estimate of drug-likeness (QED) is 0.0718. The molecule has 1 aliphatic rings. The minimum atomic E-state index is -2.50. The molecule has 4 N–H and O–H groups in total. The lowest BCUT2D eigenvalue weighted by Crippen LogP contribution is -2.49. The molecule has 1 heterocycles. The van der Waals surface area contributed by atoms with Gasteiger partial charge < -0.3 is 30.5 Å². The van der Waals surface area contributed by atoms with Crippen LogP contribution in [0.15, 0.2) is 54.6 Å². The van der Waals surface area contributed by atoms with E-state index in [-0.39, 0.29) is 42.3 Å². The van der Waals surface area contributed by atoms with Crippen LogP contribution in [-0.4, -0.2) is 84.8 Å². The summed E-state index contributed by atoms with van der Waals surface area (Å²) in [5.41, 5.74) is 5.98. The molecular formula is C32H51F5N4O6. The number of carbonyl (C=O) groups excluding carboxylic acids is 3. The van der Waals surface area contributed by atoms with Crippen LogP contribution in [0.1, 0.15) is 60.5 Å². The average Bonchev–Trinajstić information content (AvgIpc) is 2.98. The summed E-state index contributed by atoms with van der Waals surface area (Å²) in [5.74, 6) is -4.47. The highest BCUT2D eigenvalue weighted by atomic mass is 19.3. The number of hydrogen-bond donors (Lipinski definition) is 3. The number of nitrogens with two attached hydrogens (primary N) is 1. The number of alkyl carbamates (subject to hydrolysis) is 1. The summed E-state index contributed by atoms with van der Waals surface area (Å²) in [6, 6.07) is 2.32. The Morgan fingerprint density at radius 3 is 2.06 bits per heavy atom. The highest BCUT2D eigenvalue weighted by Crippen LogP contribution is 2.20. The minimum absolute atomic E-state index is 0.0508. The molecule has 270 valence electrons. The Kier molecular flexibility index (Phi) is 24.2. The molecule has 0 saturated carbocycles. The number of nitrogens with zero attached hydrogens (tertiary/aromatic N) is 2. The molecule has 1 unspecified atom stereocenters. The van der Waals surface area contributed by atoms with Crippen LogP contribution in [0.2, 0.25) is 0 Å². The van der Waals surface area contributed by atoms with Crippen LogP contribution in [0.4, 0.5) is 26.7 Å². The lowest BCUT2D eigenvalue weighted by molar-refractivity contribution is -0.199. The van der Waals surface area contributed by atoms with E-state index in [1.165, 1.54) is 17.0 Å². The second-order valence-electron chi connectivity index (χ2n) is 10.8. The van der Waals surface area contributed by atoms with Crippen molar-refractivity contribution >= 4 is 18.3 Å². The van der Waals surface area contributed by atoms with E-state index < -0.39 is 35.3 Å². The summed E-state index contributed by atoms with van der Waals surface area (Å²) >= 11 is 0. The van der Waals surface area contributed by atoms with E-state index in [1.807, 2.05) is 18.7 Å². The van der Waals surface area contributed by atoms with E-state index in [2.05, 4.69) is 23.4 Å². The normalized spacial score (nSPS) is 13.9. The lowest BCUT2D eigenvalue weighted by atomic mass is 10.0. The Morgan fingerprint density at radius 1 is 1.13 bits per heavy atom. The van der Waals surface area contributed by atoms with Gasteiger partial charge >= 0.3 is 6.09 Å². The molecule has 0 bridgehead atoms. The van der Waals surface area contributed by atoms with Crippen molar-refractivity contribution in [3.8, 4) is 0 Å². The number of aldehydes is 1. The number of piperazine rings is 1. The predicted octanol–water partition coefficient (Wildman–Crippen LogP) is 6.38. The second kappa shape index (κ2) is 24.1. The van der Waals surface area contributed by atoms with E-state index >= 15 is 0 Å². The largest absolute Gasteiger partial charge is 0.444 e. The lowest BCUT2D eigenvalue weighted by Gasteiger charge is -2.37. The SMILES string of the molecule is C=C(OO)/C(N)=C1\CN(C(=O)CC(Cc2ccc(F)cc2F)NC(=O)OC(C)(C)C)CCN1C.C=CC=O.CC.CC(C)(F)F.CF. The molecule has 0 aromatic heterocycles. The topological polar surface area (TPSA) is 134 Å². The van der Waals surface area contributed by atoms with Crippen LogP contribution >= 0.6 is 0 Å². The van der Waals surface area contributed by atoms with Gasteiger partial charge in [-0.25, -0.2) is 27.6 Å². The van der Waals surface area contributed by atoms with Crippen LogP contribution in [0, 0.1) is 11.6 Å². The molecule has 1 atom stereocenters. The highest BCUT2D eigenvalue weighted by Gasteiger charge is 2.29. The second-order valence-corrected chi connectivity index (χ2v) is 10.8. The maximum Gasteiger partial charge on any atom is 0.407 e. The number of halogens is 5. The smallest absolute Gasteiger partial charge is 0.407 e. The molecule has 47 heavy (non-hydrogen) atoms. The van der Waals surface area contributed by atoms with Gasteiger partial charge in [-0.1, -0.05) is 33.1 Å². The number of amides is 2. The molecule has 0 aliphatic carbocycles. The van der Waals surface area contributed by atoms with Crippen molar-refractivity contribution in [3.05, 3.63) is 71.8 Å². The number of benzene rings is 1. The van der Waals surface area contributed by atoms with Crippen molar-refractivity contribution in [1.29, 1.82) is 0 Å². The molecule has 0 radical (unpaired) electrons. The molecule has 1 aromatic carbocycles.